The molecule has 19 heavy (non-hydrogen) atoms. The second-order valence-electron chi connectivity index (χ2n) is 4.90. The summed E-state index contributed by atoms with van der Waals surface area (Å²) in [7, 11) is 0. The van der Waals surface area contributed by atoms with Gasteiger partial charge in [-0.2, -0.15) is 0 Å². The summed E-state index contributed by atoms with van der Waals surface area (Å²) in [5.74, 6) is 0.0649. The van der Waals surface area contributed by atoms with Crippen LogP contribution < -0.4 is 4.90 Å². The van der Waals surface area contributed by atoms with Crippen molar-refractivity contribution in [2.24, 2.45) is 0 Å². The van der Waals surface area contributed by atoms with E-state index in [1.165, 1.54) is 25.7 Å². The highest BCUT2D eigenvalue weighted by Crippen LogP contribution is 2.30. The second kappa shape index (κ2) is 6.36. The van der Waals surface area contributed by atoms with Crippen molar-refractivity contribution < 1.29 is 9.90 Å². The molecule has 0 atom stereocenters. The van der Waals surface area contributed by atoms with Gasteiger partial charge >= 0.3 is 5.97 Å². The van der Waals surface area contributed by atoms with Gasteiger partial charge in [-0.1, -0.05) is 13.3 Å². The lowest BCUT2D eigenvalue weighted by molar-refractivity contribution is -0.131. The molecule has 0 radical (unpaired) electrons. The molecular formula is C15H20N2O2. The number of aliphatic carboxylic acids is 1. The number of unbranched alkanes of at least 4 members (excludes halogenated alkanes) is 1. The van der Waals surface area contributed by atoms with E-state index in [0.717, 1.165) is 24.0 Å². The molecule has 1 aromatic heterocycles. The van der Waals surface area contributed by atoms with Gasteiger partial charge in [-0.3, -0.25) is 0 Å². The predicted molar refractivity (Wildman–Crippen MR) is 76.2 cm³/mol. The van der Waals surface area contributed by atoms with Crippen LogP contribution in [0.2, 0.25) is 0 Å². The Morgan fingerprint density at radius 2 is 2.32 bits per heavy atom. The summed E-state index contributed by atoms with van der Waals surface area (Å²) >= 11 is 0. The quantitative estimate of drug-likeness (QED) is 0.766. The Hall–Kier alpha value is -1.84. The van der Waals surface area contributed by atoms with Crippen molar-refractivity contribution >= 4 is 17.9 Å². The topological polar surface area (TPSA) is 53.4 Å². The van der Waals surface area contributed by atoms with Crippen LogP contribution in [-0.2, 0) is 4.79 Å². The first-order valence-electron chi connectivity index (χ1n) is 6.84. The fourth-order valence-corrected chi connectivity index (χ4v) is 2.03. The Balaban J connectivity index is 2.04. The molecule has 0 aliphatic heterocycles. The van der Waals surface area contributed by atoms with Crippen LogP contribution in [0.4, 0.5) is 5.82 Å². The van der Waals surface area contributed by atoms with E-state index in [4.69, 9.17) is 5.11 Å². The first-order valence-corrected chi connectivity index (χ1v) is 6.84. The van der Waals surface area contributed by atoms with Gasteiger partial charge < -0.3 is 10.0 Å². The lowest BCUT2D eigenvalue weighted by atomic mass is 10.2. The second-order valence-corrected chi connectivity index (χ2v) is 4.90. The molecule has 1 heterocycles. The molecule has 1 aliphatic rings. The van der Waals surface area contributed by atoms with Gasteiger partial charge in [0.1, 0.15) is 5.82 Å². The van der Waals surface area contributed by atoms with E-state index in [2.05, 4.69) is 16.8 Å². The average Bonchev–Trinajstić information content (AvgIpc) is 3.23. The summed E-state index contributed by atoms with van der Waals surface area (Å²) in [6, 6.07) is 4.55. The molecule has 0 unspecified atom stereocenters. The van der Waals surface area contributed by atoms with Crippen LogP contribution in [0.15, 0.2) is 24.4 Å². The maximum absolute atomic E-state index is 10.4. The lowest BCUT2D eigenvalue weighted by Crippen LogP contribution is -2.27. The summed E-state index contributed by atoms with van der Waals surface area (Å²) < 4.78 is 0. The number of aromatic nitrogens is 1. The van der Waals surface area contributed by atoms with E-state index in [-0.39, 0.29) is 0 Å². The molecular weight excluding hydrogens is 240 g/mol. The highest BCUT2D eigenvalue weighted by atomic mass is 16.4. The summed E-state index contributed by atoms with van der Waals surface area (Å²) in [6.45, 7) is 3.25. The molecule has 0 bridgehead atoms. The number of carbonyl (C=O) groups is 1. The van der Waals surface area contributed by atoms with Crippen LogP contribution in [-0.4, -0.2) is 28.6 Å². The summed E-state index contributed by atoms with van der Waals surface area (Å²) in [6.07, 6.45) is 9.30. The molecule has 1 saturated carbocycles. The number of nitrogens with zero attached hydrogens (tertiary/aromatic N) is 2. The average molecular weight is 260 g/mol. The Morgan fingerprint density at radius 3 is 2.84 bits per heavy atom. The van der Waals surface area contributed by atoms with Crippen LogP contribution in [0.5, 0.6) is 0 Å². The van der Waals surface area contributed by atoms with E-state index >= 15 is 0 Å². The van der Waals surface area contributed by atoms with Crippen LogP contribution in [0, 0.1) is 0 Å². The molecule has 0 saturated heterocycles. The number of anilines is 1. The van der Waals surface area contributed by atoms with Gasteiger partial charge in [0.15, 0.2) is 0 Å². The van der Waals surface area contributed by atoms with E-state index in [1.807, 2.05) is 12.1 Å². The highest BCUT2D eigenvalue weighted by molar-refractivity contribution is 5.85. The normalized spacial score (nSPS) is 14.8. The molecule has 0 spiro atoms. The van der Waals surface area contributed by atoms with Crippen molar-refractivity contribution in [2.75, 3.05) is 11.4 Å². The standard InChI is InChI=1S/C15H20N2O2/c1-2-3-10-17(13-6-7-13)14-8-4-12(11-16-14)5-9-15(18)19/h4-5,8-9,11,13H,2-3,6-7,10H2,1H3,(H,18,19)/b9-5+. The van der Waals surface area contributed by atoms with Crippen LogP contribution in [0.25, 0.3) is 6.08 Å². The molecule has 1 N–H and O–H groups in total. The fourth-order valence-electron chi connectivity index (χ4n) is 2.03. The molecule has 0 aromatic carbocycles. The van der Waals surface area contributed by atoms with E-state index < -0.39 is 5.97 Å². The van der Waals surface area contributed by atoms with Crippen molar-refractivity contribution in [1.82, 2.24) is 4.98 Å². The van der Waals surface area contributed by atoms with Crippen LogP contribution >= 0.6 is 0 Å². The monoisotopic (exact) mass is 260 g/mol. The largest absolute Gasteiger partial charge is 0.478 e. The third kappa shape index (κ3) is 4.09. The van der Waals surface area contributed by atoms with Crippen molar-refractivity contribution in [3.8, 4) is 0 Å². The minimum absolute atomic E-state index is 0.652. The zero-order valence-electron chi connectivity index (χ0n) is 11.2. The van der Waals surface area contributed by atoms with Crippen LogP contribution in [0.3, 0.4) is 0 Å². The van der Waals surface area contributed by atoms with Gasteiger partial charge in [0.2, 0.25) is 0 Å². The predicted octanol–water partition coefficient (Wildman–Crippen LogP) is 2.95. The maximum Gasteiger partial charge on any atom is 0.328 e. The maximum atomic E-state index is 10.4. The molecule has 4 nitrogen and oxygen atoms in total. The van der Waals surface area contributed by atoms with Gasteiger partial charge in [0.25, 0.3) is 0 Å². The Bertz CT molecular complexity index is 450. The Kier molecular flexibility index (Phi) is 4.55. The molecule has 0 amide bonds. The SMILES string of the molecule is CCCCN(c1ccc(/C=C/C(=O)O)cn1)C1CC1. The van der Waals surface area contributed by atoms with Crippen LogP contribution in [0.1, 0.15) is 38.2 Å². The highest BCUT2D eigenvalue weighted by Gasteiger charge is 2.29. The summed E-state index contributed by atoms with van der Waals surface area (Å²) in [5, 5.41) is 8.58. The molecule has 102 valence electrons. The number of carboxylic acids is 1. The van der Waals surface area contributed by atoms with Gasteiger partial charge in [-0.15, -0.1) is 0 Å². The lowest BCUT2D eigenvalue weighted by Gasteiger charge is -2.23. The van der Waals surface area contributed by atoms with Crippen molar-refractivity contribution in [3.05, 3.63) is 30.0 Å². The number of hydrogen-bond donors (Lipinski definition) is 1. The van der Waals surface area contributed by atoms with Gasteiger partial charge in [0, 0.05) is 24.9 Å². The molecule has 1 aromatic rings. The fraction of sp³-hybridized carbons (Fsp3) is 0.467. The number of hydrogen-bond acceptors (Lipinski definition) is 3. The van der Waals surface area contributed by atoms with Gasteiger partial charge in [-0.05, 0) is 43.0 Å². The minimum atomic E-state index is -0.938. The third-order valence-electron chi connectivity index (χ3n) is 3.22. The van der Waals surface area contributed by atoms with Gasteiger partial charge in [-0.25, -0.2) is 9.78 Å². The first kappa shape index (κ1) is 13.6. The Morgan fingerprint density at radius 1 is 1.53 bits per heavy atom. The zero-order valence-corrected chi connectivity index (χ0v) is 11.2. The molecule has 4 heteroatoms. The van der Waals surface area contributed by atoms with Crippen molar-refractivity contribution in [2.45, 2.75) is 38.6 Å². The van der Waals surface area contributed by atoms with Crippen molar-refractivity contribution in [3.63, 3.8) is 0 Å². The van der Waals surface area contributed by atoms with Gasteiger partial charge in [0.05, 0.1) is 0 Å². The molecule has 1 fully saturated rings. The van der Waals surface area contributed by atoms with E-state index in [1.54, 1.807) is 12.3 Å². The van der Waals surface area contributed by atoms with E-state index in [9.17, 15) is 4.79 Å². The zero-order chi connectivity index (χ0) is 13.7. The number of rotatable bonds is 7. The molecule has 1 aliphatic carbocycles. The summed E-state index contributed by atoms with van der Waals surface area (Å²) in [4.78, 5) is 17.3. The third-order valence-corrected chi connectivity index (χ3v) is 3.22. The smallest absolute Gasteiger partial charge is 0.328 e. The molecule has 2 rings (SSSR count). The summed E-state index contributed by atoms with van der Waals surface area (Å²) in [5.41, 5.74) is 0.817. The Labute approximate surface area is 113 Å². The minimum Gasteiger partial charge on any atom is -0.478 e. The first-order chi connectivity index (χ1) is 9.20. The number of carboxylic acid groups (broad SMARTS) is 1. The number of pyridine rings is 1. The van der Waals surface area contributed by atoms with Crippen molar-refractivity contribution in [1.29, 1.82) is 0 Å². The van der Waals surface area contributed by atoms with E-state index in [0.29, 0.717) is 6.04 Å².